The molecule has 0 bridgehead atoms. The van der Waals surface area contributed by atoms with Gasteiger partial charge in [0.05, 0.1) is 5.56 Å². The number of hydrogen-bond donors (Lipinski definition) is 1. The van der Waals surface area contributed by atoms with Crippen LogP contribution in [-0.4, -0.2) is 17.4 Å². The number of benzene rings is 1. The van der Waals surface area contributed by atoms with Crippen LogP contribution in [0.2, 0.25) is 0 Å². The van der Waals surface area contributed by atoms with Gasteiger partial charge in [-0.25, -0.2) is 0 Å². The largest absolute Gasteiger partial charge is 0.462 e. The highest BCUT2D eigenvalue weighted by Gasteiger charge is 2.38. The van der Waals surface area contributed by atoms with Gasteiger partial charge in [-0.05, 0) is 36.6 Å². The van der Waals surface area contributed by atoms with E-state index in [0.29, 0.717) is 23.9 Å². The van der Waals surface area contributed by atoms with Gasteiger partial charge in [-0.3, -0.25) is 4.79 Å². The number of nitrogens with zero attached hydrogens (tertiary/aromatic N) is 1. The summed E-state index contributed by atoms with van der Waals surface area (Å²) in [7, 11) is 0. The minimum Gasteiger partial charge on any atom is -0.462 e. The molecule has 4 rings (SSSR count). The summed E-state index contributed by atoms with van der Waals surface area (Å²) in [5.41, 5.74) is 1.54. The van der Waals surface area contributed by atoms with Crippen LogP contribution >= 0.6 is 0 Å². The highest BCUT2D eigenvalue weighted by atomic mass is 16.3. The number of nitrogens with one attached hydrogen (secondary N) is 1. The maximum absolute atomic E-state index is 12.8. The van der Waals surface area contributed by atoms with E-state index in [1.54, 1.807) is 11.0 Å². The van der Waals surface area contributed by atoms with Crippen molar-refractivity contribution >= 4 is 11.6 Å². The SMILES string of the molecule is C=CCN1C(=O)c2ccccc2NC1c1ccc(C2CC2C)o1. The molecule has 2 aromatic rings. The highest BCUT2D eigenvalue weighted by molar-refractivity contribution is 6.01. The summed E-state index contributed by atoms with van der Waals surface area (Å²) in [5, 5.41) is 3.43. The molecule has 0 radical (unpaired) electrons. The van der Waals surface area contributed by atoms with Crippen molar-refractivity contribution in [2.24, 2.45) is 5.92 Å². The van der Waals surface area contributed by atoms with Gasteiger partial charge < -0.3 is 14.6 Å². The van der Waals surface area contributed by atoms with Crippen molar-refractivity contribution in [3.8, 4) is 0 Å². The number of amides is 1. The maximum Gasteiger partial charge on any atom is 0.258 e. The van der Waals surface area contributed by atoms with Gasteiger partial charge in [0.2, 0.25) is 0 Å². The Balaban J connectivity index is 1.69. The third-order valence-electron chi connectivity index (χ3n) is 4.74. The molecule has 4 heteroatoms. The summed E-state index contributed by atoms with van der Waals surface area (Å²) < 4.78 is 6.07. The van der Waals surface area contributed by atoms with Gasteiger partial charge >= 0.3 is 0 Å². The van der Waals surface area contributed by atoms with E-state index in [4.69, 9.17) is 4.42 Å². The number of rotatable bonds is 4. The van der Waals surface area contributed by atoms with Crippen LogP contribution in [0, 0.1) is 5.92 Å². The number of furan rings is 1. The van der Waals surface area contributed by atoms with E-state index in [1.165, 1.54) is 6.42 Å². The van der Waals surface area contributed by atoms with Crippen molar-refractivity contribution in [1.82, 2.24) is 4.90 Å². The van der Waals surface area contributed by atoms with E-state index in [-0.39, 0.29) is 12.1 Å². The highest BCUT2D eigenvalue weighted by Crippen LogP contribution is 2.48. The zero-order valence-corrected chi connectivity index (χ0v) is 13.2. The third kappa shape index (κ3) is 2.34. The first-order valence-electron chi connectivity index (χ1n) is 8.06. The molecule has 1 N–H and O–H groups in total. The molecule has 0 saturated heterocycles. The molecule has 1 aromatic heterocycles. The molecular formula is C19H20N2O2. The summed E-state index contributed by atoms with van der Waals surface area (Å²) in [4.78, 5) is 14.6. The molecule has 23 heavy (non-hydrogen) atoms. The maximum atomic E-state index is 12.8. The summed E-state index contributed by atoms with van der Waals surface area (Å²) in [6, 6.07) is 11.6. The van der Waals surface area contributed by atoms with Crippen molar-refractivity contribution < 1.29 is 9.21 Å². The van der Waals surface area contributed by atoms with Crippen LogP contribution in [0.25, 0.3) is 0 Å². The second-order valence-electron chi connectivity index (χ2n) is 6.40. The monoisotopic (exact) mass is 308 g/mol. The predicted molar refractivity (Wildman–Crippen MR) is 89.3 cm³/mol. The molecule has 1 aliphatic carbocycles. The van der Waals surface area contributed by atoms with Gasteiger partial charge in [-0.1, -0.05) is 25.1 Å². The average molecular weight is 308 g/mol. The topological polar surface area (TPSA) is 45.5 Å². The Bertz CT molecular complexity index is 764. The minimum atomic E-state index is -0.293. The van der Waals surface area contributed by atoms with E-state index in [1.807, 2.05) is 36.4 Å². The summed E-state index contributed by atoms with van der Waals surface area (Å²) >= 11 is 0. The lowest BCUT2D eigenvalue weighted by Gasteiger charge is -2.36. The van der Waals surface area contributed by atoms with Crippen molar-refractivity contribution in [3.63, 3.8) is 0 Å². The lowest BCUT2D eigenvalue weighted by atomic mass is 10.1. The van der Waals surface area contributed by atoms with Crippen molar-refractivity contribution in [2.45, 2.75) is 25.4 Å². The quantitative estimate of drug-likeness (QED) is 0.863. The fourth-order valence-corrected chi connectivity index (χ4v) is 3.28. The average Bonchev–Trinajstić information content (AvgIpc) is 3.10. The fourth-order valence-electron chi connectivity index (χ4n) is 3.28. The molecule has 4 nitrogen and oxygen atoms in total. The molecule has 1 fully saturated rings. The van der Waals surface area contributed by atoms with Crippen LogP contribution in [-0.2, 0) is 0 Å². The summed E-state index contributed by atoms with van der Waals surface area (Å²) in [5.74, 6) is 3.04. The van der Waals surface area contributed by atoms with E-state index in [0.717, 1.165) is 17.2 Å². The van der Waals surface area contributed by atoms with Gasteiger partial charge in [0, 0.05) is 18.2 Å². The third-order valence-corrected chi connectivity index (χ3v) is 4.74. The number of carbonyl (C=O) groups is 1. The first-order chi connectivity index (χ1) is 11.2. The van der Waals surface area contributed by atoms with E-state index in [9.17, 15) is 4.79 Å². The number of anilines is 1. The molecule has 3 atom stereocenters. The van der Waals surface area contributed by atoms with Crippen LogP contribution in [0.15, 0.2) is 53.5 Å². The standard InChI is InChI=1S/C19H20N2O2/c1-3-10-21-18(17-9-8-16(23-17)14-11-12(14)2)20-15-7-5-4-6-13(15)19(21)22/h3-9,12,14,18,20H,1,10-11H2,2H3. The number of fused-ring (bicyclic) bond motifs is 1. The van der Waals surface area contributed by atoms with Crippen molar-refractivity contribution in [1.29, 1.82) is 0 Å². The summed E-state index contributed by atoms with van der Waals surface area (Å²) in [6.07, 6.45) is 2.63. The fraction of sp³-hybridized carbons (Fsp3) is 0.316. The molecule has 118 valence electrons. The van der Waals surface area contributed by atoms with Crippen LogP contribution in [0.4, 0.5) is 5.69 Å². The lowest BCUT2D eigenvalue weighted by molar-refractivity contribution is 0.0688. The second-order valence-corrected chi connectivity index (χ2v) is 6.40. The molecule has 1 aromatic carbocycles. The van der Waals surface area contributed by atoms with Gasteiger partial charge in [-0.2, -0.15) is 0 Å². The van der Waals surface area contributed by atoms with Crippen LogP contribution < -0.4 is 5.32 Å². The molecule has 0 spiro atoms. The molecule has 2 aliphatic rings. The number of hydrogen-bond acceptors (Lipinski definition) is 3. The van der Waals surface area contributed by atoms with E-state index < -0.39 is 0 Å². The van der Waals surface area contributed by atoms with Crippen molar-refractivity contribution in [2.75, 3.05) is 11.9 Å². The smallest absolute Gasteiger partial charge is 0.258 e. The zero-order chi connectivity index (χ0) is 16.0. The Morgan fingerprint density at radius 3 is 2.78 bits per heavy atom. The van der Waals surface area contributed by atoms with E-state index in [2.05, 4.69) is 18.8 Å². The van der Waals surface area contributed by atoms with Gasteiger partial charge in [0.25, 0.3) is 5.91 Å². The normalized spacial score (nSPS) is 25.7. The number of para-hydroxylation sites is 1. The van der Waals surface area contributed by atoms with Gasteiger partial charge in [0.15, 0.2) is 6.17 Å². The van der Waals surface area contributed by atoms with Gasteiger partial charge in [0.1, 0.15) is 11.5 Å². The van der Waals surface area contributed by atoms with Crippen LogP contribution in [0.1, 0.15) is 47.3 Å². The predicted octanol–water partition coefficient (Wildman–Crippen LogP) is 4.16. The molecular weight excluding hydrogens is 288 g/mol. The number of carbonyl (C=O) groups excluding carboxylic acids is 1. The Kier molecular flexibility index (Phi) is 3.26. The Hall–Kier alpha value is -2.49. The Morgan fingerprint density at radius 1 is 1.30 bits per heavy atom. The zero-order valence-electron chi connectivity index (χ0n) is 13.2. The molecule has 2 heterocycles. The minimum absolute atomic E-state index is 0.00184. The molecule has 3 unspecified atom stereocenters. The van der Waals surface area contributed by atoms with Crippen LogP contribution in [0.5, 0.6) is 0 Å². The van der Waals surface area contributed by atoms with E-state index >= 15 is 0 Å². The second kappa shape index (κ2) is 5.30. The molecule has 1 aliphatic heterocycles. The summed E-state index contributed by atoms with van der Waals surface area (Å²) in [6.45, 7) is 6.48. The Labute approximate surface area is 135 Å². The lowest BCUT2D eigenvalue weighted by Crippen LogP contribution is -2.42. The molecule has 1 amide bonds. The van der Waals surface area contributed by atoms with Crippen molar-refractivity contribution in [3.05, 3.63) is 66.1 Å². The first-order valence-corrected chi connectivity index (χ1v) is 8.06. The Morgan fingerprint density at radius 2 is 2.04 bits per heavy atom. The van der Waals surface area contributed by atoms with Gasteiger partial charge in [-0.15, -0.1) is 6.58 Å². The first kappa shape index (κ1) is 14.1. The molecule has 1 saturated carbocycles. The van der Waals surface area contributed by atoms with Crippen LogP contribution in [0.3, 0.4) is 0 Å².